The number of primary sulfonamides is 1. The van der Waals surface area contributed by atoms with Crippen molar-refractivity contribution in [3.8, 4) is 0 Å². The van der Waals surface area contributed by atoms with Crippen LogP contribution in [-0.2, 0) is 32.2 Å². The van der Waals surface area contributed by atoms with Gasteiger partial charge in [-0.2, -0.15) is 10.2 Å². The summed E-state index contributed by atoms with van der Waals surface area (Å²) in [7, 11) is -2.24. The Morgan fingerprint density at radius 2 is 1.21 bits per heavy atom. The minimum absolute atomic E-state index is 0.0159. The van der Waals surface area contributed by atoms with Crippen molar-refractivity contribution in [3.05, 3.63) is 94.5 Å². The Kier molecular flexibility index (Phi) is 8.39. The van der Waals surface area contributed by atoms with Gasteiger partial charge in [0, 0.05) is 45.5 Å². The van der Waals surface area contributed by atoms with Crippen molar-refractivity contribution in [1.82, 2.24) is 19.6 Å². The molecule has 180 valence electrons. The molecule has 34 heavy (non-hydrogen) atoms. The van der Waals surface area contributed by atoms with Gasteiger partial charge in [0.15, 0.2) is 0 Å². The lowest BCUT2D eigenvalue weighted by Gasteiger charge is -2.08. The summed E-state index contributed by atoms with van der Waals surface area (Å²) in [6.45, 7) is 0.654. The van der Waals surface area contributed by atoms with Gasteiger partial charge in [0.2, 0.25) is 10.0 Å². The number of hydrogen-bond acceptors (Lipinski definition) is 6. The lowest BCUT2D eigenvalue weighted by molar-refractivity contribution is 0.594. The smallest absolute Gasteiger partial charge is 0.261 e. The van der Waals surface area contributed by atoms with Gasteiger partial charge in [-0.05, 0) is 47.5 Å². The van der Waals surface area contributed by atoms with Gasteiger partial charge in [-0.1, -0.05) is 35.3 Å². The normalized spacial score (nSPS) is 11.6. The molecule has 0 fully saturated rings. The van der Waals surface area contributed by atoms with Crippen LogP contribution < -0.4 is 5.14 Å². The minimum Gasteiger partial charge on any atom is -0.268 e. The first kappa shape index (κ1) is 26.2. The third-order valence-electron chi connectivity index (χ3n) is 4.41. The predicted octanol–water partition coefficient (Wildman–Crippen LogP) is 3.74. The molecule has 0 bridgehead atoms. The van der Waals surface area contributed by atoms with Crippen LogP contribution >= 0.6 is 33.9 Å². The monoisotopic (exact) mass is 561 g/mol. The molecule has 0 spiro atoms. The molecule has 9 nitrogen and oxygen atoms in total. The fourth-order valence-corrected chi connectivity index (χ4v) is 5.35. The van der Waals surface area contributed by atoms with Crippen molar-refractivity contribution in [1.29, 1.82) is 0 Å². The Morgan fingerprint density at radius 1 is 0.765 bits per heavy atom. The molecule has 2 heterocycles. The number of benzene rings is 2. The third-order valence-corrected chi connectivity index (χ3v) is 7.28. The van der Waals surface area contributed by atoms with Crippen LogP contribution in [0.15, 0.2) is 83.1 Å². The molecule has 2 N–H and O–H groups in total. The van der Waals surface area contributed by atoms with E-state index in [9.17, 15) is 16.8 Å². The van der Waals surface area contributed by atoms with E-state index >= 15 is 0 Å². The molecule has 0 atom stereocenters. The zero-order chi connectivity index (χ0) is 24.9. The molecule has 2 aromatic carbocycles. The van der Waals surface area contributed by atoms with E-state index < -0.39 is 19.1 Å². The first-order valence-electron chi connectivity index (χ1n) is 9.42. The summed E-state index contributed by atoms with van der Waals surface area (Å²) in [5, 5.41) is 13.8. The highest BCUT2D eigenvalue weighted by Crippen LogP contribution is 2.24. The second-order valence-electron chi connectivity index (χ2n) is 6.89. The summed E-state index contributed by atoms with van der Waals surface area (Å²) in [6, 6.07) is 12.7. The van der Waals surface area contributed by atoms with Crippen molar-refractivity contribution in [2.45, 2.75) is 22.9 Å². The molecular weight excluding hydrogens is 545 g/mol. The summed E-state index contributed by atoms with van der Waals surface area (Å²) < 4.78 is 48.9. The van der Waals surface area contributed by atoms with Crippen LogP contribution in [0.1, 0.15) is 11.1 Å². The SMILES string of the molecule is NS(=O)(=O)c1cc(Cl)ccc1Cn1cccn1.O=S(=O)(Cl)c1cc(Cl)ccc1Cn1cccn1. The quantitative estimate of drug-likeness (QED) is 0.356. The summed E-state index contributed by atoms with van der Waals surface area (Å²) in [5.74, 6) is 0. The van der Waals surface area contributed by atoms with Crippen molar-refractivity contribution in [3.63, 3.8) is 0 Å². The van der Waals surface area contributed by atoms with Gasteiger partial charge < -0.3 is 0 Å². The molecule has 0 aliphatic heterocycles. The molecular formula is C20H18Cl3N5O4S2. The second-order valence-corrected chi connectivity index (χ2v) is 11.8. The largest absolute Gasteiger partial charge is 0.268 e. The highest BCUT2D eigenvalue weighted by Gasteiger charge is 2.17. The molecule has 2 aromatic heterocycles. The van der Waals surface area contributed by atoms with Crippen LogP contribution in [0, 0.1) is 0 Å². The van der Waals surface area contributed by atoms with E-state index in [2.05, 4.69) is 10.2 Å². The van der Waals surface area contributed by atoms with Gasteiger partial charge in [0.1, 0.15) is 0 Å². The molecule has 4 rings (SSSR count). The number of rotatable bonds is 6. The minimum atomic E-state index is -3.81. The Bertz CT molecular complexity index is 1360. The number of sulfonamides is 1. The molecule has 0 unspecified atom stereocenters. The Labute approximate surface area is 211 Å². The number of nitrogens with two attached hydrogens (primary N) is 1. The van der Waals surface area contributed by atoms with E-state index in [4.69, 9.17) is 39.0 Å². The molecule has 14 heteroatoms. The molecule has 0 amide bonds. The van der Waals surface area contributed by atoms with E-state index in [1.807, 2.05) is 0 Å². The van der Waals surface area contributed by atoms with Crippen LogP contribution in [0.4, 0.5) is 0 Å². The van der Waals surface area contributed by atoms with E-state index in [0.29, 0.717) is 34.3 Å². The molecule has 0 saturated carbocycles. The van der Waals surface area contributed by atoms with Gasteiger partial charge in [-0.25, -0.2) is 22.0 Å². The topological polar surface area (TPSA) is 130 Å². The van der Waals surface area contributed by atoms with Crippen LogP contribution in [0.3, 0.4) is 0 Å². The summed E-state index contributed by atoms with van der Waals surface area (Å²) >= 11 is 11.5. The zero-order valence-corrected chi connectivity index (χ0v) is 21.2. The summed E-state index contributed by atoms with van der Waals surface area (Å²) in [4.78, 5) is 0.0441. The van der Waals surface area contributed by atoms with Crippen LogP contribution in [0.2, 0.25) is 10.0 Å². The van der Waals surface area contributed by atoms with Gasteiger partial charge in [-0.3, -0.25) is 9.36 Å². The fraction of sp³-hybridized carbons (Fsp3) is 0.100. The van der Waals surface area contributed by atoms with Crippen molar-refractivity contribution in [2.75, 3.05) is 0 Å². The van der Waals surface area contributed by atoms with E-state index in [-0.39, 0.29) is 9.79 Å². The average Bonchev–Trinajstić information content (AvgIpc) is 3.44. The van der Waals surface area contributed by atoms with Gasteiger partial charge in [-0.15, -0.1) is 0 Å². The van der Waals surface area contributed by atoms with Gasteiger partial charge in [0.25, 0.3) is 9.05 Å². The fourth-order valence-electron chi connectivity index (χ4n) is 2.95. The number of aromatic nitrogens is 4. The second kappa shape index (κ2) is 10.9. The Hall–Kier alpha value is -2.41. The maximum absolute atomic E-state index is 11.4. The number of nitrogens with zero attached hydrogens (tertiary/aromatic N) is 4. The maximum atomic E-state index is 11.4. The van der Waals surface area contributed by atoms with Gasteiger partial charge in [0.05, 0.1) is 22.9 Å². The van der Waals surface area contributed by atoms with Crippen LogP contribution in [-0.4, -0.2) is 36.4 Å². The lowest BCUT2D eigenvalue weighted by atomic mass is 10.2. The highest BCUT2D eigenvalue weighted by molar-refractivity contribution is 8.13. The predicted molar refractivity (Wildman–Crippen MR) is 130 cm³/mol. The first-order valence-corrected chi connectivity index (χ1v) is 14.0. The highest BCUT2D eigenvalue weighted by atomic mass is 35.7. The molecule has 0 saturated heterocycles. The maximum Gasteiger partial charge on any atom is 0.261 e. The van der Waals surface area contributed by atoms with E-state index in [1.165, 1.54) is 12.1 Å². The average molecular weight is 563 g/mol. The molecule has 4 aromatic rings. The van der Waals surface area contributed by atoms with Crippen molar-refractivity contribution >= 4 is 53.0 Å². The van der Waals surface area contributed by atoms with Crippen LogP contribution in [0.25, 0.3) is 0 Å². The lowest BCUT2D eigenvalue weighted by Crippen LogP contribution is -2.16. The third kappa shape index (κ3) is 7.29. The number of hydrogen-bond donors (Lipinski definition) is 1. The van der Waals surface area contributed by atoms with Crippen molar-refractivity contribution < 1.29 is 16.8 Å². The molecule has 0 aliphatic carbocycles. The Morgan fingerprint density at radius 3 is 1.59 bits per heavy atom. The van der Waals surface area contributed by atoms with Crippen LogP contribution in [0.5, 0.6) is 0 Å². The Balaban J connectivity index is 0.000000191. The zero-order valence-electron chi connectivity index (χ0n) is 17.3. The first-order chi connectivity index (χ1) is 15.9. The molecule has 0 aliphatic rings. The van der Waals surface area contributed by atoms with Gasteiger partial charge >= 0.3 is 0 Å². The standard InChI is InChI=1S/C10H8Cl2N2O2S.C10H10ClN3O2S/c2*11-9-3-2-8(7-14-5-1-4-13-14)10(6-9)17(12,15)16/h1-6H,7H2;1-6H,7H2,(H2,12,15,16). The van der Waals surface area contributed by atoms with E-state index in [0.717, 1.165) is 0 Å². The summed E-state index contributed by atoms with van der Waals surface area (Å²) in [5.41, 5.74) is 1.11. The molecule has 0 radical (unpaired) electrons. The summed E-state index contributed by atoms with van der Waals surface area (Å²) in [6.07, 6.45) is 6.71. The van der Waals surface area contributed by atoms with E-state index in [1.54, 1.807) is 70.5 Å². The number of halogens is 3. The van der Waals surface area contributed by atoms with Crippen molar-refractivity contribution in [2.24, 2.45) is 5.14 Å².